The van der Waals surface area contributed by atoms with E-state index in [1.807, 2.05) is 0 Å². The summed E-state index contributed by atoms with van der Waals surface area (Å²) in [7, 11) is 0. The van der Waals surface area contributed by atoms with Gasteiger partial charge in [-0.15, -0.1) is 0 Å². The van der Waals surface area contributed by atoms with Gasteiger partial charge >= 0.3 is 17.9 Å². The van der Waals surface area contributed by atoms with E-state index in [-0.39, 0.29) is 31.1 Å². The van der Waals surface area contributed by atoms with Crippen LogP contribution >= 0.6 is 0 Å². The molecule has 0 aromatic carbocycles. The molecule has 6 nitrogen and oxygen atoms in total. The summed E-state index contributed by atoms with van der Waals surface area (Å²) in [6.07, 6.45) is 75.1. The van der Waals surface area contributed by atoms with Crippen molar-refractivity contribution in [1.29, 1.82) is 0 Å². The standard InChI is InChI=1S/C65H116O6/c1-4-7-10-13-16-19-22-25-27-28-29-30-31-32-33-34-35-36-37-38-39-41-43-46-49-52-55-58-64(67)70-61-62(60-69-63(66)57-54-51-48-45-42-24-21-18-15-12-9-6-3)71-65(68)59-56-53-50-47-44-40-26-23-20-17-14-11-8-5-2/h7,10,16,18-19,21,25,27,29-30,62H,4-6,8-9,11-15,17,20,22-24,26,28,31-61H2,1-3H3/b10-7-,19-16-,21-18-,27-25-,30-29-. The van der Waals surface area contributed by atoms with Crippen LogP contribution in [0, 0.1) is 0 Å². The first-order chi connectivity index (χ1) is 35.0. The lowest BCUT2D eigenvalue weighted by molar-refractivity contribution is -0.167. The van der Waals surface area contributed by atoms with Gasteiger partial charge in [-0.1, -0.05) is 274 Å². The first-order valence-electron chi connectivity index (χ1n) is 30.8. The van der Waals surface area contributed by atoms with Crippen LogP contribution in [0.25, 0.3) is 0 Å². The van der Waals surface area contributed by atoms with Gasteiger partial charge < -0.3 is 14.2 Å². The second-order valence-corrected chi connectivity index (χ2v) is 20.6. The average Bonchev–Trinajstić information content (AvgIpc) is 3.37. The predicted molar refractivity (Wildman–Crippen MR) is 307 cm³/mol. The van der Waals surface area contributed by atoms with E-state index in [1.165, 1.54) is 186 Å². The molecule has 71 heavy (non-hydrogen) atoms. The molecule has 0 fully saturated rings. The van der Waals surface area contributed by atoms with Gasteiger partial charge in [0.1, 0.15) is 13.2 Å². The molecule has 1 unspecified atom stereocenters. The summed E-state index contributed by atoms with van der Waals surface area (Å²) in [5.41, 5.74) is 0. The zero-order chi connectivity index (χ0) is 51.4. The molecule has 0 spiro atoms. The van der Waals surface area contributed by atoms with E-state index >= 15 is 0 Å². The fraction of sp³-hybridized carbons (Fsp3) is 0.800. The Kier molecular flexibility index (Phi) is 57.2. The lowest BCUT2D eigenvalue weighted by Gasteiger charge is -2.18. The minimum Gasteiger partial charge on any atom is -0.462 e. The van der Waals surface area contributed by atoms with Gasteiger partial charge in [-0.3, -0.25) is 14.4 Å². The molecule has 412 valence electrons. The van der Waals surface area contributed by atoms with Gasteiger partial charge in [0.15, 0.2) is 6.10 Å². The second-order valence-electron chi connectivity index (χ2n) is 20.6. The van der Waals surface area contributed by atoms with Crippen molar-refractivity contribution in [3.63, 3.8) is 0 Å². The highest BCUT2D eigenvalue weighted by atomic mass is 16.6. The monoisotopic (exact) mass is 993 g/mol. The number of esters is 3. The van der Waals surface area contributed by atoms with Crippen LogP contribution in [-0.2, 0) is 28.6 Å². The molecule has 0 aliphatic carbocycles. The van der Waals surface area contributed by atoms with Gasteiger partial charge in [0.2, 0.25) is 0 Å². The van der Waals surface area contributed by atoms with Crippen LogP contribution in [0.4, 0.5) is 0 Å². The molecule has 1 atom stereocenters. The number of hydrogen-bond acceptors (Lipinski definition) is 6. The zero-order valence-electron chi connectivity index (χ0n) is 47.2. The van der Waals surface area contributed by atoms with Gasteiger partial charge in [-0.25, -0.2) is 0 Å². The van der Waals surface area contributed by atoms with Crippen molar-refractivity contribution in [3.8, 4) is 0 Å². The molecule has 0 N–H and O–H groups in total. The highest BCUT2D eigenvalue weighted by Gasteiger charge is 2.19. The SMILES string of the molecule is CC/C=C\C/C=C\C/C=C\C/C=C\CCCCCCCCCCCCCCCCC(=O)OCC(COC(=O)CCCCCCC/C=C\CCCCC)OC(=O)CCCCCCCCCCCCCCCC. The smallest absolute Gasteiger partial charge is 0.306 e. The zero-order valence-corrected chi connectivity index (χ0v) is 47.2. The number of rotatable bonds is 56. The van der Waals surface area contributed by atoms with Gasteiger partial charge in [0.25, 0.3) is 0 Å². The summed E-state index contributed by atoms with van der Waals surface area (Å²) >= 11 is 0. The Labute approximate surface area is 440 Å². The van der Waals surface area contributed by atoms with E-state index in [1.54, 1.807) is 0 Å². The summed E-state index contributed by atoms with van der Waals surface area (Å²) in [5, 5.41) is 0. The van der Waals surface area contributed by atoms with Crippen LogP contribution in [0.15, 0.2) is 60.8 Å². The van der Waals surface area contributed by atoms with Crippen LogP contribution in [0.2, 0.25) is 0 Å². The highest BCUT2D eigenvalue weighted by Crippen LogP contribution is 2.17. The van der Waals surface area contributed by atoms with E-state index < -0.39 is 6.10 Å². The Balaban J connectivity index is 4.20. The molecule has 0 saturated carbocycles. The fourth-order valence-corrected chi connectivity index (χ4v) is 8.90. The van der Waals surface area contributed by atoms with Crippen molar-refractivity contribution in [2.24, 2.45) is 0 Å². The third kappa shape index (κ3) is 57.9. The predicted octanol–water partition coefficient (Wildman–Crippen LogP) is 20.8. The van der Waals surface area contributed by atoms with Gasteiger partial charge in [-0.05, 0) is 83.5 Å². The van der Waals surface area contributed by atoms with Crippen molar-refractivity contribution in [3.05, 3.63) is 60.8 Å². The van der Waals surface area contributed by atoms with Crippen LogP contribution in [0.5, 0.6) is 0 Å². The molecular formula is C65H116O6. The Bertz CT molecular complexity index is 1280. The number of carbonyl (C=O) groups is 3. The van der Waals surface area contributed by atoms with Crippen LogP contribution in [0.1, 0.15) is 316 Å². The van der Waals surface area contributed by atoms with E-state index in [4.69, 9.17) is 14.2 Å². The summed E-state index contributed by atoms with van der Waals surface area (Å²) in [6, 6.07) is 0. The van der Waals surface area contributed by atoms with Crippen molar-refractivity contribution in [2.45, 2.75) is 322 Å². The van der Waals surface area contributed by atoms with E-state index in [9.17, 15) is 14.4 Å². The number of carbonyl (C=O) groups excluding carboxylic acids is 3. The maximum absolute atomic E-state index is 12.8. The van der Waals surface area contributed by atoms with E-state index in [0.717, 1.165) is 89.9 Å². The maximum atomic E-state index is 12.8. The van der Waals surface area contributed by atoms with Crippen molar-refractivity contribution in [1.82, 2.24) is 0 Å². The molecule has 0 heterocycles. The normalized spacial score (nSPS) is 12.4. The van der Waals surface area contributed by atoms with Crippen LogP contribution < -0.4 is 0 Å². The Morgan fingerprint density at radius 2 is 0.549 bits per heavy atom. The Hall–Kier alpha value is -2.89. The first-order valence-corrected chi connectivity index (χ1v) is 30.8. The van der Waals surface area contributed by atoms with Crippen molar-refractivity contribution >= 4 is 17.9 Å². The molecule has 0 aromatic heterocycles. The summed E-state index contributed by atoms with van der Waals surface area (Å²) < 4.78 is 16.9. The number of hydrogen-bond donors (Lipinski definition) is 0. The van der Waals surface area contributed by atoms with E-state index in [0.29, 0.717) is 19.3 Å². The molecule has 0 rings (SSSR count). The largest absolute Gasteiger partial charge is 0.462 e. The maximum Gasteiger partial charge on any atom is 0.306 e. The van der Waals surface area contributed by atoms with Crippen molar-refractivity contribution < 1.29 is 28.6 Å². The lowest BCUT2D eigenvalue weighted by Crippen LogP contribution is -2.30. The van der Waals surface area contributed by atoms with Gasteiger partial charge in [-0.2, -0.15) is 0 Å². The molecule has 0 aromatic rings. The third-order valence-electron chi connectivity index (χ3n) is 13.5. The number of ether oxygens (including phenoxy) is 3. The summed E-state index contributed by atoms with van der Waals surface area (Å²) in [4.78, 5) is 38.2. The number of unbranched alkanes of at least 4 members (excludes halogenated alkanes) is 35. The minimum absolute atomic E-state index is 0.0731. The molecule has 0 aliphatic rings. The quantitative estimate of drug-likeness (QED) is 0.0261. The lowest BCUT2D eigenvalue weighted by atomic mass is 10.0. The fourth-order valence-electron chi connectivity index (χ4n) is 8.90. The topological polar surface area (TPSA) is 78.9 Å². The van der Waals surface area contributed by atoms with E-state index in [2.05, 4.69) is 81.5 Å². The number of allylic oxidation sites excluding steroid dienone is 10. The minimum atomic E-state index is -0.774. The van der Waals surface area contributed by atoms with Gasteiger partial charge in [0.05, 0.1) is 0 Å². The molecule has 0 amide bonds. The average molecular weight is 994 g/mol. The van der Waals surface area contributed by atoms with Crippen LogP contribution in [-0.4, -0.2) is 37.2 Å². The molecule has 0 bridgehead atoms. The first kappa shape index (κ1) is 68.1. The van der Waals surface area contributed by atoms with Gasteiger partial charge in [0, 0.05) is 19.3 Å². The molecule has 6 heteroatoms. The molecule has 0 radical (unpaired) electrons. The third-order valence-corrected chi connectivity index (χ3v) is 13.5. The molecule has 0 aliphatic heterocycles. The second kappa shape index (κ2) is 59.7. The summed E-state index contributed by atoms with van der Waals surface area (Å²) in [6.45, 7) is 6.53. The highest BCUT2D eigenvalue weighted by molar-refractivity contribution is 5.71. The Morgan fingerprint density at radius 3 is 0.901 bits per heavy atom. The van der Waals surface area contributed by atoms with Crippen molar-refractivity contribution in [2.75, 3.05) is 13.2 Å². The van der Waals surface area contributed by atoms with Crippen LogP contribution in [0.3, 0.4) is 0 Å². The Morgan fingerprint density at radius 1 is 0.296 bits per heavy atom. The summed E-state index contributed by atoms with van der Waals surface area (Å²) in [5.74, 6) is -0.867. The molecule has 0 saturated heterocycles. The molecular weight excluding hydrogens is 877 g/mol.